The summed E-state index contributed by atoms with van der Waals surface area (Å²) in [5.74, 6) is 2.20. The fourth-order valence-electron chi connectivity index (χ4n) is 1.98. The van der Waals surface area contributed by atoms with Gasteiger partial charge in [-0.1, -0.05) is 45.6 Å². The zero-order chi connectivity index (χ0) is 14.6. The molecule has 1 aromatic rings. The van der Waals surface area contributed by atoms with Gasteiger partial charge in [0, 0.05) is 11.6 Å². The summed E-state index contributed by atoms with van der Waals surface area (Å²) < 4.78 is 11.5. The molecule has 20 heavy (non-hydrogen) atoms. The maximum Gasteiger partial charge on any atom is 0.127 e. The second kappa shape index (κ2) is 10.8. The third kappa shape index (κ3) is 6.51. The van der Waals surface area contributed by atoms with Gasteiger partial charge >= 0.3 is 0 Å². The van der Waals surface area contributed by atoms with Crippen LogP contribution in [0.3, 0.4) is 0 Å². The number of hydrogen-bond acceptors (Lipinski definition) is 2. The Hall–Kier alpha value is -0.890. The van der Waals surface area contributed by atoms with Crippen LogP contribution in [-0.2, 0) is 5.88 Å². The predicted octanol–water partition coefficient (Wildman–Crippen LogP) is 5.56. The van der Waals surface area contributed by atoms with Gasteiger partial charge in [-0.3, -0.25) is 0 Å². The average Bonchev–Trinajstić information content (AvgIpc) is 2.48. The second-order valence-corrected chi connectivity index (χ2v) is 5.28. The lowest BCUT2D eigenvalue weighted by Gasteiger charge is -2.12. The minimum atomic E-state index is 0.471. The molecule has 1 rings (SSSR count). The van der Waals surface area contributed by atoms with Gasteiger partial charge < -0.3 is 9.47 Å². The van der Waals surface area contributed by atoms with E-state index in [0.717, 1.165) is 43.1 Å². The summed E-state index contributed by atoms with van der Waals surface area (Å²) >= 11 is 5.95. The molecule has 0 radical (unpaired) electrons. The Labute approximate surface area is 128 Å². The van der Waals surface area contributed by atoms with Crippen molar-refractivity contribution in [2.24, 2.45) is 0 Å². The van der Waals surface area contributed by atoms with Crippen molar-refractivity contribution in [3.8, 4) is 11.5 Å². The lowest BCUT2D eigenvalue weighted by molar-refractivity contribution is 0.292. The molecule has 0 amide bonds. The van der Waals surface area contributed by atoms with Gasteiger partial charge in [-0.2, -0.15) is 0 Å². The first-order chi connectivity index (χ1) is 9.81. The van der Waals surface area contributed by atoms with Crippen molar-refractivity contribution in [2.75, 3.05) is 13.2 Å². The molecule has 0 spiro atoms. The highest BCUT2D eigenvalue weighted by Gasteiger charge is 2.05. The molecule has 0 aromatic heterocycles. The van der Waals surface area contributed by atoms with Crippen molar-refractivity contribution in [1.29, 1.82) is 0 Å². The summed E-state index contributed by atoms with van der Waals surface area (Å²) in [4.78, 5) is 0. The molecule has 2 nitrogen and oxygen atoms in total. The number of hydrogen-bond donors (Lipinski definition) is 0. The Kier molecular flexibility index (Phi) is 9.31. The fraction of sp³-hybridized carbons (Fsp3) is 0.647. The van der Waals surface area contributed by atoms with Crippen LogP contribution < -0.4 is 9.47 Å². The number of unbranched alkanes of at least 4 members (excludes halogenated alkanes) is 4. The van der Waals surface area contributed by atoms with Crippen molar-refractivity contribution in [2.45, 2.75) is 58.3 Å². The van der Waals surface area contributed by atoms with Crippen LogP contribution in [0.1, 0.15) is 57.9 Å². The van der Waals surface area contributed by atoms with Gasteiger partial charge in [0.05, 0.1) is 19.1 Å². The van der Waals surface area contributed by atoms with Gasteiger partial charge in [0.25, 0.3) is 0 Å². The minimum absolute atomic E-state index is 0.471. The lowest BCUT2D eigenvalue weighted by atomic mass is 10.1. The smallest absolute Gasteiger partial charge is 0.127 e. The molecule has 0 heterocycles. The van der Waals surface area contributed by atoms with Crippen molar-refractivity contribution < 1.29 is 9.47 Å². The maximum atomic E-state index is 5.95. The van der Waals surface area contributed by atoms with Crippen molar-refractivity contribution in [1.82, 2.24) is 0 Å². The number of benzene rings is 1. The zero-order valence-electron chi connectivity index (χ0n) is 12.8. The molecular weight excluding hydrogens is 272 g/mol. The molecule has 0 aliphatic heterocycles. The summed E-state index contributed by atoms with van der Waals surface area (Å²) in [5, 5.41) is 0. The number of alkyl halides is 1. The Bertz CT molecular complexity index is 366. The van der Waals surface area contributed by atoms with Crippen LogP contribution in [-0.4, -0.2) is 13.2 Å². The molecule has 0 N–H and O–H groups in total. The lowest BCUT2D eigenvalue weighted by Crippen LogP contribution is -2.01. The Morgan fingerprint density at radius 2 is 1.70 bits per heavy atom. The standard InChI is InChI=1S/C17H27ClO2/c1-3-5-6-7-8-12-20-17-13-16(19-11-4-2)10-9-15(17)14-18/h9-10,13H,3-8,11-12,14H2,1-2H3. The molecule has 0 saturated carbocycles. The van der Waals surface area contributed by atoms with Gasteiger partial charge in [0.15, 0.2) is 0 Å². The second-order valence-electron chi connectivity index (χ2n) is 5.01. The van der Waals surface area contributed by atoms with E-state index in [1.54, 1.807) is 0 Å². The average molecular weight is 299 g/mol. The van der Waals surface area contributed by atoms with E-state index in [4.69, 9.17) is 21.1 Å². The van der Waals surface area contributed by atoms with Gasteiger partial charge in [0.1, 0.15) is 11.5 Å². The van der Waals surface area contributed by atoms with Crippen molar-refractivity contribution in [3.05, 3.63) is 23.8 Å². The third-order valence-electron chi connectivity index (χ3n) is 3.16. The van der Waals surface area contributed by atoms with Crippen LogP contribution >= 0.6 is 11.6 Å². The SMILES string of the molecule is CCCCCCCOc1cc(OCCC)ccc1CCl. The first-order valence-electron chi connectivity index (χ1n) is 7.76. The fourth-order valence-corrected chi connectivity index (χ4v) is 2.20. The Morgan fingerprint density at radius 3 is 2.40 bits per heavy atom. The van der Waals surface area contributed by atoms with Crippen LogP contribution in [0.15, 0.2) is 18.2 Å². The van der Waals surface area contributed by atoms with E-state index < -0.39 is 0 Å². The summed E-state index contributed by atoms with van der Waals surface area (Å²) in [6.07, 6.45) is 7.21. The zero-order valence-corrected chi connectivity index (χ0v) is 13.5. The van der Waals surface area contributed by atoms with Crippen LogP contribution in [0.25, 0.3) is 0 Å². The summed E-state index contributed by atoms with van der Waals surface area (Å²) in [5.41, 5.74) is 1.03. The molecule has 0 atom stereocenters. The third-order valence-corrected chi connectivity index (χ3v) is 3.45. The monoisotopic (exact) mass is 298 g/mol. The van der Waals surface area contributed by atoms with Crippen LogP contribution in [0.5, 0.6) is 11.5 Å². The molecule has 0 fully saturated rings. The minimum Gasteiger partial charge on any atom is -0.493 e. The van der Waals surface area contributed by atoms with E-state index in [1.807, 2.05) is 18.2 Å². The van der Waals surface area contributed by atoms with Gasteiger partial charge in [-0.15, -0.1) is 11.6 Å². The van der Waals surface area contributed by atoms with E-state index >= 15 is 0 Å². The van der Waals surface area contributed by atoms with Gasteiger partial charge in [-0.25, -0.2) is 0 Å². The highest BCUT2D eigenvalue weighted by atomic mass is 35.5. The molecule has 0 unspecified atom stereocenters. The summed E-state index contributed by atoms with van der Waals surface area (Å²) in [6.45, 7) is 5.81. The van der Waals surface area contributed by atoms with Gasteiger partial charge in [0.2, 0.25) is 0 Å². The molecule has 3 heteroatoms. The first kappa shape index (κ1) is 17.2. The quantitative estimate of drug-likeness (QED) is 0.393. The largest absolute Gasteiger partial charge is 0.493 e. The topological polar surface area (TPSA) is 18.5 Å². The Balaban J connectivity index is 2.44. The highest BCUT2D eigenvalue weighted by Crippen LogP contribution is 2.26. The highest BCUT2D eigenvalue weighted by molar-refractivity contribution is 6.17. The number of halogens is 1. The maximum absolute atomic E-state index is 5.95. The molecule has 0 aliphatic carbocycles. The number of ether oxygens (including phenoxy) is 2. The summed E-state index contributed by atoms with van der Waals surface area (Å²) in [6, 6.07) is 5.91. The van der Waals surface area contributed by atoms with E-state index in [0.29, 0.717) is 5.88 Å². The van der Waals surface area contributed by atoms with Gasteiger partial charge in [-0.05, 0) is 18.9 Å². The van der Waals surface area contributed by atoms with Crippen LogP contribution in [0, 0.1) is 0 Å². The predicted molar refractivity (Wildman–Crippen MR) is 86.0 cm³/mol. The number of rotatable bonds is 11. The molecule has 114 valence electrons. The first-order valence-corrected chi connectivity index (χ1v) is 8.29. The van der Waals surface area contributed by atoms with Crippen molar-refractivity contribution >= 4 is 11.6 Å². The normalized spacial score (nSPS) is 10.6. The summed E-state index contributed by atoms with van der Waals surface area (Å²) in [7, 11) is 0. The van der Waals surface area contributed by atoms with Crippen LogP contribution in [0.2, 0.25) is 0 Å². The van der Waals surface area contributed by atoms with E-state index in [9.17, 15) is 0 Å². The molecule has 0 saturated heterocycles. The van der Waals surface area contributed by atoms with E-state index in [1.165, 1.54) is 25.7 Å². The molecule has 0 bridgehead atoms. The van der Waals surface area contributed by atoms with Crippen molar-refractivity contribution in [3.63, 3.8) is 0 Å². The molecule has 1 aromatic carbocycles. The molecular formula is C17H27ClO2. The van der Waals surface area contributed by atoms with Crippen LogP contribution in [0.4, 0.5) is 0 Å². The Morgan fingerprint density at radius 1 is 0.900 bits per heavy atom. The molecule has 0 aliphatic rings. The van der Waals surface area contributed by atoms with E-state index in [2.05, 4.69) is 13.8 Å². The van der Waals surface area contributed by atoms with E-state index in [-0.39, 0.29) is 0 Å².